The third-order valence-electron chi connectivity index (χ3n) is 6.92. The predicted molar refractivity (Wildman–Crippen MR) is 162 cm³/mol. The van der Waals surface area contributed by atoms with E-state index in [1.807, 2.05) is 76.2 Å². The van der Waals surface area contributed by atoms with Gasteiger partial charge in [0.25, 0.3) is 5.91 Å². The topological polar surface area (TPSA) is 133 Å². The minimum Gasteiger partial charge on any atom is -0.356 e. The van der Waals surface area contributed by atoms with E-state index in [1.165, 1.54) is 11.3 Å². The van der Waals surface area contributed by atoms with Crippen molar-refractivity contribution in [1.82, 2.24) is 25.9 Å². The van der Waals surface area contributed by atoms with Crippen LogP contribution in [0.1, 0.15) is 67.2 Å². The van der Waals surface area contributed by atoms with E-state index in [2.05, 4.69) is 25.9 Å². The molecule has 1 aliphatic heterocycles. The highest BCUT2D eigenvalue weighted by Gasteiger charge is 2.35. The summed E-state index contributed by atoms with van der Waals surface area (Å²) < 4.78 is 0.868. The molecule has 1 fully saturated rings. The predicted octanol–water partition coefficient (Wildman–Crippen LogP) is 4.84. The Bertz CT molecular complexity index is 1480. The van der Waals surface area contributed by atoms with Crippen LogP contribution in [0.25, 0.3) is 21.1 Å². The molecule has 10 heteroatoms. The first kappa shape index (κ1) is 29.9. The number of hydrogen-bond acceptors (Lipinski definition) is 6. The van der Waals surface area contributed by atoms with Crippen molar-refractivity contribution in [1.29, 1.82) is 0 Å². The van der Waals surface area contributed by atoms with Crippen LogP contribution in [0.2, 0.25) is 0 Å². The number of H-pyrrole nitrogens is 1. The van der Waals surface area contributed by atoms with Gasteiger partial charge in [0.1, 0.15) is 11.7 Å². The molecule has 0 radical (unpaired) electrons. The van der Waals surface area contributed by atoms with Crippen molar-refractivity contribution < 1.29 is 19.2 Å². The fourth-order valence-corrected chi connectivity index (χ4v) is 5.88. The number of nitrogens with zero attached hydrogens (tertiary/aromatic N) is 1. The average Bonchev–Trinajstić information content (AvgIpc) is 3.70. The molecule has 3 amide bonds. The molecular formula is C31H37N5O4S. The zero-order valence-corrected chi connectivity index (χ0v) is 24.6. The second-order valence-electron chi connectivity index (χ2n) is 10.4. The molecule has 0 bridgehead atoms. The lowest BCUT2D eigenvalue weighted by Gasteiger charge is -2.24. The summed E-state index contributed by atoms with van der Waals surface area (Å²) in [4.78, 5) is 60.3. The largest absolute Gasteiger partial charge is 0.356 e. The third-order valence-corrected chi connectivity index (χ3v) is 7.98. The summed E-state index contributed by atoms with van der Waals surface area (Å²) in [5.74, 6) is -1.63. The number of thiazole rings is 1. The summed E-state index contributed by atoms with van der Waals surface area (Å²) >= 11 is 1.26. The number of rotatable bonds is 10. The molecule has 0 saturated carbocycles. The highest BCUT2D eigenvalue weighted by molar-refractivity contribution is 7.20. The van der Waals surface area contributed by atoms with Gasteiger partial charge < -0.3 is 20.9 Å². The van der Waals surface area contributed by atoms with Gasteiger partial charge in [0.2, 0.25) is 17.6 Å². The van der Waals surface area contributed by atoms with Crippen molar-refractivity contribution in [3.8, 4) is 0 Å². The van der Waals surface area contributed by atoms with Gasteiger partial charge in [-0.05, 0) is 49.4 Å². The summed E-state index contributed by atoms with van der Waals surface area (Å²) in [5, 5.41) is 9.69. The molecule has 0 unspecified atom stereocenters. The molecule has 1 aliphatic rings. The summed E-state index contributed by atoms with van der Waals surface area (Å²) in [6.07, 6.45) is 1.13. The van der Waals surface area contributed by atoms with Crippen LogP contribution in [-0.4, -0.2) is 52.1 Å². The van der Waals surface area contributed by atoms with E-state index in [-0.39, 0.29) is 29.0 Å². The van der Waals surface area contributed by atoms with Crippen LogP contribution in [0.5, 0.6) is 0 Å². The van der Waals surface area contributed by atoms with Gasteiger partial charge in [-0.1, -0.05) is 58.0 Å². The van der Waals surface area contributed by atoms with Crippen molar-refractivity contribution in [2.75, 3.05) is 6.54 Å². The maximum atomic E-state index is 13.6. The first-order valence-electron chi connectivity index (χ1n) is 14.1. The molecule has 2 aromatic carbocycles. The van der Waals surface area contributed by atoms with E-state index in [0.717, 1.165) is 15.6 Å². The molecule has 41 heavy (non-hydrogen) atoms. The highest BCUT2D eigenvalue weighted by atomic mass is 32.1. The van der Waals surface area contributed by atoms with Crippen molar-refractivity contribution >= 4 is 56.0 Å². The number of carbonyl (C=O) groups is 4. The smallest absolute Gasteiger partial charge is 0.268 e. The van der Waals surface area contributed by atoms with Gasteiger partial charge >= 0.3 is 0 Å². The molecule has 1 saturated heterocycles. The number of Topliss-reactive ketones (excluding diaryl/α,β-unsaturated/α-hetero) is 1. The Labute approximate surface area is 243 Å². The van der Waals surface area contributed by atoms with Crippen LogP contribution in [0.3, 0.4) is 0 Å². The van der Waals surface area contributed by atoms with Crippen molar-refractivity contribution in [3.05, 3.63) is 65.3 Å². The van der Waals surface area contributed by atoms with Gasteiger partial charge in [-0.15, -0.1) is 11.3 Å². The van der Waals surface area contributed by atoms with E-state index in [9.17, 15) is 19.2 Å². The Hall–Kier alpha value is -4.05. The Kier molecular flexibility index (Phi) is 9.88. The normalized spacial score (nSPS) is 16.1. The second-order valence-corrected chi connectivity index (χ2v) is 11.4. The van der Waals surface area contributed by atoms with Crippen molar-refractivity contribution in [2.24, 2.45) is 11.8 Å². The van der Waals surface area contributed by atoms with E-state index >= 15 is 0 Å². The summed E-state index contributed by atoms with van der Waals surface area (Å²) in [5.41, 5.74) is 1.88. The molecule has 0 aliphatic carbocycles. The Morgan fingerprint density at radius 1 is 1.02 bits per heavy atom. The van der Waals surface area contributed by atoms with Crippen LogP contribution >= 0.6 is 11.3 Å². The van der Waals surface area contributed by atoms with E-state index in [4.69, 9.17) is 0 Å². The molecule has 3 atom stereocenters. The standard InChI is InChI=1S/C29H31N5O4S.C2H6/c1-16(2)13-22(33-28(38)23-14-17-7-3-4-8-19(17)31-23)27(37)32-21(15-18-11-12-30-26(18)36)25(35)29-34-20-9-5-6-10-24(20)39-29;1-2/h3-10,14,16,18,21-22,31H,11-13,15H2,1-2H3,(H,30,36)(H,32,37)(H,33,38);1-2H3/t18-,21-,22-;/m0./s1. The molecule has 216 valence electrons. The number of ketones is 1. The summed E-state index contributed by atoms with van der Waals surface area (Å²) in [7, 11) is 0. The number of hydrogen-bond donors (Lipinski definition) is 4. The van der Waals surface area contributed by atoms with Gasteiger partial charge in [-0.3, -0.25) is 19.2 Å². The number of benzene rings is 2. The van der Waals surface area contributed by atoms with Crippen molar-refractivity contribution in [3.63, 3.8) is 0 Å². The molecule has 5 rings (SSSR count). The number of aromatic amines is 1. The van der Waals surface area contributed by atoms with Gasteiger partial charge in [-0.2, -0.15) is 0 Å². The first-order valence-corrected chi connectivity index (χ1v) is 15.0. The zero-order valence-electron chi connectivity index (χ0n) is 23.8. The summed E-state index contributed by atoms with van der Waals surface area (Å²) in [6, 6.07) is 14.9. The molecule has 0 spiro atoms. The molecule has 4 N–H and O–H groups in total. The maximum absolute atomic E-state index is 13.6. The minimum atomic E-state index is -0.952. The van der Waals surface area contributed by atoms with Gasteiger partial charge in [0.15, 0.2) is 5.01 Å². The highest BCUT2D eigenvalue weighted by Crippen LogP contribution is 2.25. The number of aromatic nitrogens is 2. The van der Waals surface area contributed by atoms with Gasteiger partial charge in [-0.25, -0.2) is 4.98 Å². The average molecular weight is 576 g/mol. The van der Waals surface area contributed by atoms with Gasteiger partial charge in [0.05, 0.1) is 16.3 Å². The minimum absolute atomic E-state index is 0.0998. The second kappa shape index (κ2) is 13.5. The monoisotopic (exact) mass is 575 g/mol. The first-order chi connectivity index (χ1) is 19.8. The maximum Gasteiger partial charge on any atom is 0.268 e. The van der Waals surface area contributed by atoms with E-state index in [0.29, 0.717) is 30.6 Å². The molecule has 3 heterocycles. The van der Waals surface area contributed by atoms with Crippen LogP contribution in [-0.2, 0) is 9.59 Å². The Morgan fingerprint density at radius 2 is 1.76 bits per heavy atom. The fraction of sp³-hybridized carbons (Fsp3) is 0.387. The van der Waals surface area contributed by atoms with E-state index in [1.54, 1.807) is 6.07 Å². The lowest BCUT2D eigenvalue weighted by atomic mass is 9.95. The molecule has 2 aromatic heterocycles. The lowest BCUT2D eigenvalue weighted by Crippen LogP contribution is -2.52. The Balaban J connectivity index is 0.00000189. The van der Waals surface area contributed by atoms with Crippen molar-refractivity contribution in [2.45, 2.75) is 59.0 Å². The zero-order chi connectivity index (χ0) is 29.5. The van der Waals surface area contributed by atoms with Crippen LogP contribution in [0, 0.1) is 11.8 Å². The SMILES string of the molecule is CC.CC(C)C[C@H](NC(=O)c1cc2ccccc2[nH]1)C(=O)N[C@@H](C[C@@H]1CCNC1=O)C(=O)c1nc2ccccc2s1. The summed E-state index contributed by atoms with van der Waals surface area (Å²) in [6.45, 7) is 8.46. The third kappa shape index (κ3) is 7.18. The number of amides is 3. The van der Waals surface area contributed by atoms with Crippen LogP contribution in [0.15, 0.2) is 54.6 Å². The van der Waals surface area contributed by atoms with Gasteiger partial charge in [0, 0.05) is 23.4 Å². The number of nitrogens with one attached hydrogen (secondary N) is 4. The molecule has 4 aromatic rings. The quantitative estimate of drug-likeness (QED) is 0.201. The fourth-order valence-electron chi connectivity index (χ4n) is 4.92. The van der Waals surface area contributed by atoms with E-state index < -0.39 is 29.8 Å². The lowest BCUT2D eigenvalue weighted by molar-refractivity contribution is -0.125. The van der Waals surface area contributed by atoms with Crippen LogP contribution < -0.4 is 16.0 Å². The number of fused-ring (bicyclic) bond motifs is 2. The van der Waals surface area contributed by atoms with Crippen LogP contribution in [0.4, 0.5) is 0 Å². The number of para-hydroxylation sites is 2. The Morgan fingerprint density at radius 3 is 2.44 bits per heavy atom. The molecule has 9 nitrogen and oxygen atoms in total. The molecular weight excluding hydrogens is 538 g/mol. The number of carbonyl (C=O) groups excluding carboxylic acids is 4.